The first kappa shape index (κ1) is 11.0. The number of thiophene rings is 1. The minimum absolute atomic E-state index is 0.312. The van der Waals surface area contributed by atoms with Crippen molar-refractivity contribution in [3.63, 3.8) is 0 Å². The average Bonchev–Trinajstić information content (AvgIpc) is 2.67. The summed E-state index contributed by atoms with van der Waals surface area (Å²) in [4.78, 5) is 0.403. The van der Waals surface area contributed by atoms with E-state index in [9.17, 15) is 13.2 Å². The molecule has 0 saturated carbocycles. The monoisotopic (exact) mass is 235 g/mol. The van der Waals surface area contributed by atoms with Gasteiger partial charge in [0.15, 0.2) is 0 Å². The molecule has 15 heavy (non-hydrogen) atoms. The largest absolute Gasteiger partial charge is 0.425 e. The van der Waals surface area contributed by atoms with Gasteiger partial charge in [0.1, 0.15) is 4.88 Å². The average molecular weight is 235 g/mol. The van der Waals surface area contributed by atoms with Crippen LogP contribution in [0.15, 0.2) is 12.1 Å². The first-order chi connectivity index (χ1) is 7.07. The summed E-state index contributed by atoms with van der Waals surface area (Å²) >= 11 is 0.894. The van der Waals surface area contributed by atoms with Crippen LogP contribution in [0.1, 0.15) is 28.5 Å². The molecule has 1 fully saturated rings. The number of rotatable bonds is 1. The SMILES string of the molecule is FC(F)(F)c1ccc(C2CCNCC2)s1. The first-order valence-corrected chi connectivity index (χ1v) is 5.76. The predicted molar refractivity (Wildman–Crippen MR) is 54.2 cm³/mol. The Balaban J connectivity index is 2.12. The van der Waals surface area contributed by atoms with Crippen molar-refractivity contribution in [2.24, 2.45) is 0 Å². The smallest absolute Gasteiger partial charge is 0.317 e. The van der Waals surface area contributed by atoms with Crippen LogP contribution in [0.4, 0.5) is 13.2 Å². The molecule has 5 heteroatoms. The summed E-state index contributed by atoms with van der Waals surface area (Å²) in [5.74, 6) is 0.312. The number of halogens is 3. The summed E-state index contributed by atoms with van der Waals surface area (Å²) < 4.78 is 37.1. The molecule has 1 aromatic heterocycles. The zero-order chi connectivity index (χ0) is 10.9. The second-order valence-corrected chi connectivity index (χ2v) is 4.84. The van der Waals surface area contributed by atoms with E-state index in [2.05, 4.69) is 5.32 Å². The van der Waals surface area contributed by atoms with E-state index in [1.165, 1.54) is 6.07 Å². The van der Waals surface area contributed by atoms with Crippen molar-refractivity contribution >= 4 is 11.3 Å². The van der Waals surface area contributed by atoms with Crippen molar-refractivity contribution in [3.8, 4) is 0 Å². The molecule has 1 aromatic rings. The Kier molecular flexibility index (Phi) is 3.02. The van der Waals surface area contributed by atoms with Crippen LogP contribution in [0.2, 0.25) is 0 Å². The molecule has 1 nitrogen and oxygen atoms in total. The maximum Gasteiger partial charge on any atom is 0.425 e. The molecule has 1 N–H and O–H groups in total. The molecule has 2 heterocycles. The van der Waals surface area contributed by atoms with E-state index < -0.39 is 11.1 Å². The van der Waals surface area contributed by atoms with Crippen molar-refractivity contribution in [1.82, 2.24) is 5.32 Å². The number of hydrogen-bond acceptors (Lipinski definition) is 2. The van der Waals surface area contributed by atoms with E-state index >= 15 is 0 Å². The summed E-state index contributed by atoms with van der Waals surface area (Å²) in [5, 5.41) is 3.20. The van der Waals surface area contributed by atoms with E-state index in [0.29, 0.717) is 5.92 Å². The van der Waals surface area contributed by atoms with Crippen molar-refractivity contribution in [1.29, 1.82) is 0 Å². The third-order valence-corrected chi connectivity index (χ3v) is 3.94. The van der Waals surface area contributed by atoms with E-state index in [-0.39, 0.29) is 0 Å². The van der Waals surface area contributed by atoms with E-state index in [1.807, 2.05) is 0 Å². The summed E-state index contributed by atoms with van der Waals surface area (Å²) in [6.45, 7) is 1.81. The highest BCUT2D eigenvalue weighted by Gasteiger charge is 2.33. The molecule has 0 radical (unpaired) electrons. The van der Waals surface area contributed by atoms with Gasteiger partial charge in [-0.3, -0.25) is 0 Å². The highest BCUT2D eigenvalue weighted by molar-refractivity contribution is 7.12. The van der Waals surface area contributed by atoms with Crippen LogP contribution in [-0.2, 0) is 6.18 Å². The van der Waals surface area contributed by atoms with Crippen LogP contribution in [0.3, 0.4) is 0 Å². The van der Waals surface area contributed by atoms with Crippen molar-refractivity contribution < 1.29 is 13.2 Å². The third-order valence-electron chi connectivity index (χ3n) is 2.65. The normalized spacial score (nSPS) is 19.4. The molecular formula is C10H12F3NS. The Morgan fingerprint density at radius 2 is 1.87 bits per heavy atom. The molecule has 0 atom stereocenters. The van der Waals surface area contributed by atoms with Crippen molar-refractivity contribution in [2.75, 3.05) is 13.1 Å². The number of alkyl halides is 3. The van der Waals surface area contributed by atoms with Gasteiger partial charge in [-0.1, -0.05) is 0 Å². The van der Waals surface area contributed by atoms with Crippen molar-refractivity contribution in [2.45, 2.75) is 24.9 Å². The Bertz CT molecular complexity index is 326. The highest BCUT2D eigenvalue weighted by Crippen LogP contribution is 2.38. The Morgan fingerprint density at radius 3 is 2.40 bits per heavy atom. The van der Waals surface area contributed by atoms with Gasteiger partial charge in [-0.25, -0.2) is 0 Å². The molecule has 0 amide bonds. The van der Waals surface area contributed by atoms with Crippen molar-refractivity contribution in [3.05, 3.63) is 21.9 Å². The molecule has 0 aromatic carbocycles. The first-order valence-electron chi connectivity index (χ1n) is 4.95. The fourth-order valence-electron chi connectivity index (χ4n) is 1.83. The van der Waals surface area contributed by atoms with Crippen LogP contribution < -0.4 is 5.32 Å². The number of hydrogen-bond donors (Lipinski definition) is 1. The Labute approximate surface area is 90.3 Å². The zero-order valence-electron chi connectivity index (χ0n) is 8.10. The molecule has 0 bridgehead atoms. The van der Waals surface area contributed by atoms with Gasteiger partial charge in [0, 0.05) is 4.88 Å². The molecule has 1 aliphatic heterocycles. The molecule has 0 spiro atoms. The molecule has 2 rings (SSSR count). The van der Waals surface area contributed by atoms with E-state index in [0.717, 1.165) is 42.1 Å². The summed E-state index contributed by atoms with van der Waals surface area (Å²) in [6, 6.07) is 2.82. The lowest BCUT2D eigenvalue weighted by molar-refractivity contribution is -0.134. The summed E-state index contributed by atoms with van der Waals surface area (Å²) in [7, 11) is 0. The van der Waals surface area contributed by atoms with Crippen LogP contribution >= 0.6 is 11.3 Å². The van der Waals surface area contributed by atoms with Gasteiger partial charge in [-0.2, -0.15) is 13.2 Å². The maximum absolute atomic E-state index is 12.4. The second kappa shape index (κ2) is 4.14. The highest BCUT2D eigenvalue weighted by atomic mass is 32.1. The molecule has 0 unspecified atom stereocenters. The Hall–Kier alpha value is -0.550. The van der Waals surface area contributed by atoms with E-state index in [1.54, 1.807) is 6.07 Å². The lowest BCUT2D eigenvalue weighted by Crippen LogP contribution is -2.26. The zero-order valence-corrected chi connectivity index (χ0v) is 8.92. The number of nitrogens with one attached hydrogen (secondary N) is 1. The molecule has 0 aliphatic carbocycles. The van der Waals surface area contributed by atoms with Gasteiger partial charge >= 0.3 is 6.18 Å². The van der Waals surface area contributed by atoms with Gasteiger partial charge in [0.05, 0.1) is 0 Å². The second-order valence-electron chi connectivity index (χ2n) is 3.72. The third kappa shape index (κ3) is 2.52. The Morgan fingerprint density at radius 1 is 1.20 bits per heavy atom. The summed E-state index contributed by atoms with van der Waals surface area (Å²) in [6.07, 6.45) is -2.30. The maximum atomic E-state index is 12.4. The molecule has 1 aliphatic rings. The van der Waals surface area contributed by atoms with E-state index in [4.69, 9.17) is 0 Å². The van der Waals surface area contributed by atoms with Crippen LogP contribution in [0.5, 0.6) is 0 Å². The van der Waals surface area contributed by atoms with Crippen LogP contribution in [0, 0.1) is 0 Å². The van der Waals surface area contributed by atoms with Crippen LogP contribution in [-0.4, -0.2) is 13.1 Å². The minimum Gasteiger partial charge on any atom is -0.317 e. The quantitative estimate of drug-likeness (QED) is 0.788. The fourth-order valence-corrected chi connectivity index (χ4v) is 2.88. The molecule has 1 saturated heterocycles. The number of piperidine rings is 1. The van der Waals surface area contributed by atoms with Gasteiger partial charge < -0.3 is 5.32 Å². The topological polar surface area (TPSA) is 12.0 Å². The van der Waals surface area contributed by atoms with Gasteiger partial charge in [0.25, 0.3) is 0 Å². The lowest BCUT2D eigenvalue weighted by Gasteiger charge is -2.21. The molecule has 84 valence electrons. The lowest BCUT2D eigenvalue weighted by atomic mass is 9.97. The summed E-state index contributed by atoms with van der Waals surface area (Å²) in [5.41, 5.74) is 0. The predicted octanol–water partition coefficient (Wildman–Crippen LogP) is 3.23. The minimum atomic E-state index is -4.18. The van der Waals surface area contributed by atoms with Crippen LogP contribution in [0.25, 0.3) is 0 Å². The van der Waals surface area contributed by atoms with Gasteiger partial charge in [-0.05, 0) is 44.0 Å². The van der Waals surface area contributed by atoms with Gasteiger partial charge in [-0.15, -0.1) is 11.3 Å². The standard InChI is InChI=1S/C10H12F3NS/c11-10(12,13)9-2-1-8(15-9)7-3-5-14-6-4-7/h1-2,7,14H,3-6H2. The van der Waals surface area contributed by atoms with Gasteiger partial charge in [0.2, 0.25) is 0 Å². The fraction of sp³-hybridized carbons (Fsp3) is 0.600. The molecular weight excluding hydrogens is 223 g/mol.